The number of imidazole rings is 1. The molecular weight excluding hydrogens is 766 g/mol. The molecule has 1 atom stereocenters. The molecule has 9 rings (SSSR count). The molecule has 0 bridgehead atoms. The highest BCUT2D eigenvalue weighted by atomic mass is 35.5. The van der Waals surface area contributed by atoms with Gasteiger partial charge in [-0.25, -0.2) is 9.97 Å². The highest BCUT2D eigenvalue weighted by Crippen LogP contribution is 2.38. The smallest absolute Gasteiger partial charge is 0.234 e. The lowest BCUT2D eigenvalue weighted by Crippen LogP contribution is -2.46. The molecule has 0 spiro atoms. The van der Waals surface area contributed by atoms with Crippen molar-refractivity contribution in [2.45, 2.75) is 70.1 Å². The van der Waals surface area contributed by atoms with Crippen LogP contribution in [0.4, 0.5) is 5.69 Å². The quantitative estimate of drug-likeness (QED) is 0.151. The summed E-state index contributed by atoms with van der Waals surface area (Å²) in [6, 6.07) is 16.6. The maximum absolute atomic E-state index is 13.7. The number of benzene rings is 2. The number of aryl methyl sites for hydroxylation is 2. The zero-order valence-corrected chi connectivity index (χ0v) is 34.6. The molecule has 308 valence electrons. The number of imide groups is 1. The fourth-order valence-corrected chi connectivity index (χ4v) is 9.80. The van der Waals surface area contributed by atoms with Crippen LogP contribution in [0, 0.1) is 18.8 Å². The largest absolute Gasteiger partial charge is 0.453 e. The second-order valence-corrected chi connectivity index (χ2v) is 17.3. The standard InChI is InChI=1S/C45H52ClN9O4/c1-28-37(27-52(2)51-28)42-49-40-41(38(46)25-47-43(40)50-42)59-35-9-5-30(6-10-35)31-17-23-55(24-18-31)45(58)33-15-19-53(20-16-33)26-29-13-21-54(22-14-29)34-7-3-32(4-8-34)36-11-12-39(56)48-44(36)57/h3-10,25,27,29,31,33,36H,11-24,26H2,1-2H3,(H,47,49,50)(H,48,56,57)/t36-/m1/s1. The molecule has 0 unspecified atom stereocenters. The van der Waals surface area contributed by atoms with Crippen LogP contribution in [0.5, 0.6) is 11.5 Å². The summed E-state index contributed by atoms with van der Waals surface area (Å²) >= 11 is 6.59. The minimum atomic E-state index is -0.245. The SMILES string of the molecule is Cc1nn(C)cc1-c1nc2ncc(Cl)c(Oc3ccc(C4CCN(C(=O)C5CCN(CC6CCN(c7ccc([C@H]8CCC(=O)NC8=O)cc7)CC6)CC5)CC4)cc3)c2[nH]1. The third-order valence-corrected chi connectivity index (χ3v) is 13.3. The van der Waals surface area contributed by atoms with Gasteiger partial charge in [0.05, 0.1) is 23.4 Å². The van der Waals surface area contributed by atoms with Crippen LogP contribution in [0.1, 0.15) is 80.0 Å². The zero-order chi connectivity index (χ0) is 40.6. The minimum absolute atomic E-state index is 0.120. The number of anilines is 1. The molecule has 3 amide bonds. The van der Waals surface area contributed by atoms with Crippen LogP contribution < -0.4 is 15.0 Å². The van der Waals surface area contributed by atoms with Gasteiger partial charge >= 0.3 is 0 Å². The van der Waals surface area contributed by atoms with Crippen molar-refractivity contribution in [3.8, 4) is 22.9 Å². The molecule has 7 heterocycles. The minimum Gasteiger partial charge on any atom is -0.453 e. The summed E-state index contributed by atoms with van der Waals surface area (Å²) in [5, 5.41) is 7.30. The number of halogens is 1. The molecule has 3 aromatic heterocycles. The van der Waals surface area contributed by atoms with Crippen LogP contribution in [0.3, 0.4) is 0 Å². The van der Waals surface area contributed by atoms with Crippen LogP contribution in [-0.4, -0.2) is 98.1 Å². The van der Waals surface area contributed by atoms with Crippen molar-refractivity contribution in [3.63, 3.8) is 0 Å². The van der Waals surface area contributed by atoms with Gasteiger partial charge in [0, 0.05) is 64.0 Å². The molecule has 2 aromatic carbocycles. The van der Waals surface area contributed by atoms with E-state index in [1.54, 1.807) is 10.9 Å². The molecule has 0 aliphatic carbocycles. The summed E-state index contributed by atoms with van der Waals surface area (Å²) in [5.74, 6) is 2.73. The van der Waals surface area contributed by atoms with Gasteiger partial charge in [-0.1, -0.05) is 35.9 Å². The first kappa shape index (κ1) is 39.2. The van der Waals surface area contributed by atoms with Crippen LogP contribution in [0.2, 0.25) is 5.02 Å². The number of nitrogens with one attached hydrogen (secondary N) is 2. The number of hydrogen-bond donors (Lipinski definition) is 2. The number of nitrogens with zero attached hydrogens (tertiary/aromatic N) is 7. The Kier molecular flexibility index (Phi) is 11.1. The van der Waals surface area contributed by atoms with Crippen LogP contribution >= 0.6 is 11.6 Å². The molecule has 4 fully saturated rings. The van der Waals surface area contributed by atoms with Crippen molar-refractivity contribution in [2.24, 2.45) is 18.9 Å². The molecule has 5 aromatic rings. The molecule has 4 aliphatic heterocycles. The van der Waals surface area contributed by atoms with Crippen LogP contribution in [0.15, 0.2) is 60.9 Å². The van der Waals surface area contributed by atoms with Gasteiger partial charge in [0.1, 0.15) is 22.1 Å². The fraction of sp³-hybridized carbons (Fsp3) is 0.467. The van der Waals surface area contributed by atoms with E-state index >= 15 is 0 Å². The van der Waals surface area contributed by atoms with Gasteiger partial charge < -0.3 is 24.4 Å². The number of rotatable bonds is 9. The van der Waals surface area contributed by atoms with E-state index in [4.69, 9.17) is 16.3 Å². The average molecular weight is 818 g/mol. The number of piperidine rings is 4. The van der Waals surface area contributed by atoms with Crippen molar-refractivity contribution in [2.75, 3.05) is 50.7 Å². The Balaban J connectivity index is 0.710. The number of likely N-dealkylation sites (tertiary alicyclic amines) is 2. The number of H-pyrrole nitrogens is 1. The Hall–Kier alpha value is -5.27. The molecule has 0 saturated carbocycles. The lowest BCUT2D eigenvalue weighted by atomic mass is 9.87. The third kappa shape index (κ3) is 8.45. The van der Waals surface area contributed by atoms with Gasteiger partial charge in [-0.15, -0.1) is 0 Å². The normalized spacial score (nSPS) is 20.4. The monoisotopic (exact) mass is 817 g/mol. The van der Waals surface area contributed by atoms with E-state index in [1.807, 2.05) is 44.4 Å². The molecule has 0 radical (unpaired) electrons. The van der Waals surface area contributed by atoms with Gasteiger partial charge in [-0.05, 0) is 112 Å². The maximum Gasteiger partial charge on any atom is 0.234 e. The van der Waals surface area contributed by atoms with E-state index in [9.17, 15) is 14.4 Å². The highest BCUT2D eigenvalue weighted by molar-refractivity contribution is 6.32. The highest BCUT2D eigenvalue weighted by Gasteiger charge is 2.33. The number of amides is 3. The summed E-state index contributed by atoms with van der Waals surface area (Å²) in [5.41, 5.74) is 6.34. The second kappa shape index (κ2) is 16.8. The lowest BCUT2D eigenvalue weighted by Gasteiger charge is -2.40. The van der Waals surface area contributed by atoms with Crippen molar-refractivity contribution in [1.82, 2.24) is 39.8 Å². The van der Waals surface area contributed by atoms with E-state index in [0.29, 0.717) is 64.1 Å². The molecule has 13 nitrogen and oxygen atoms in total. The number of aromatic amines is 1. The molecule has 14 heteroatoms. The molecular formula is C45H52ClN9O4. The Morgan fingerprint density at radius 2 is 1.59 bits per heavy atom. The van der Waals surface area contributed by atoms with Gasteiger partial charge in [0.25, 0.3) is 0 Å². The number of fused-ring (bicyclic) bond motifs is 1. The third-order valence-electron chi connectivity index (χ3n) is 13.0. The van der Waals surface area contributed by atoms with Gasteiger partial charge in [-0.3, -0.25) is 24.4 Å². The summed E-state index contributed by atoms with van der Waals surface area (Å²) in [6.07, 6.45) is 10.5. The Morgan fingerprint density at radius 1 is 0.881 bits per heavy atom. The fourth-order valence-electron chi connectivity index (χ4n) is 9.62. The predicted octanol–water partition coefficient (Wildman–Crippen LogP) is 6.97. The number of carbonyl (C=O) groups is 3. The zero-order valence-electron chi connectivity index (χ0n) is 33.8. The summed E-state index contributed by atoms with van der Waals surface area (Å²) in [4.78, 5) is 57.1. The van der Waals surface area contributed by atoms with Crippen molar-refractivity contribution >= 4 is 46.2 Å². The van der Waals surface area contributed by atoms with E-state index in [2.05, 4.69) is 64.3 Å². The van der Waals surface area contributed by atoms with Crippen molar-refractivity contribution in [1.29, 1.82) is 0 Å². The first-order chi connectivity index (χ1) is 28.6. The average Bonchev–Trinajstić information content (AvgIpc) is 3.84. The van der Waals surface area contributed by atoms with E-state index in [1.165, 1.54) is 11.3 Å². The van der Waals surface area contributed by atoms with Gasteiger partial charge in [-0.2, -0.15) is 5.10 Å². The van der Waals surface area contributed by atoms with E-state index in [-0.39, 0.29) is 23.7 Å². The van der Waals surface area contributed by atoms with Gasteiger partial charge in [0.2, 0.25) is 17.7 Å². The number of carbonyl (C=O) groups excluding carboxylic acids is 3. The molecule has 2 N–H and O–H groups in total. The maximum atomic E-state index is 13.7. The van der Waals surface area contributed by atoms with Gasteiger partial charge in [0.15, 0.2) is 11.4 Å². The van der Waals surface area contributed by atoms with E-state index < -0.39 is 0 Å². The second-order valence-electron chi connectivity index (χ2n) is 16.9. The van der Waals surface area contributed by atoms with Crippen LogP contribution in [0.25, 0.3) is 22.6 Å². The molecule has 4 aliphatic rings. The summed E-state index contributed by atoms with van der Waals surface area (Å²) < 4.78 is 8.08. The Labute approximate surface area is 349 Å². The van der Waals surface area contributed by atoms with Crippen molar-refractivity contribution < 1.29 is 19.1 Å². The first-order valence-corrected chi connectivity index (χ1v) is 21.6. The van der Waals surface area contributed by atoms with E-state index in [0.717, 1.165) is 101 Å². The molecule has 59 heavy (non-hydrogen) atoms. The molecule has 4 saturated heterocycles. The Bertz CT molecular complexity index is 2320. The number of pyridine rings is 1. The van der Waals surface area contributed by atoms with Crippen LogP contribution in [-0.2, 0) is 21.4 Å². The lowest BCUT2D eigenvalue weighted by molar-refractivity contribution is -0.138. The first-order valence-electron chi connectivity index (χ1n) is 21.2. The Morgan fingerprint density at radius 3 is 2.27 bits per heavy atom. The topological polar surface area (TPSA) is 142 Å². The number of hydrogen-bond acceptors (Lipinski definition) is 9. The number of ether oxygens (including phenoxy) is 1. The summed E-state index contributed by atoms with van der Waals surface area (Å²) in [7, 11) is 1.88. The summed E-state index contributed by atoms with van der Waals surface area (Å²) in [6.45, 7) is 8.67. The predicted molar refractivity (Wildman–Crippen MR) is 227 cm³/mol. The number of aromatic nitrogens is 5. The van der Waals surface area contributed by atoms with Crippen molar-refractivity contribution in [3.05, 3.63) is 82.8 Å².